The highest BCUT2D eigenvalue weighted by molar-refractivity contribution is 5.93. The van der Waals surface area contributed by atoms with E-state index in [-0.39, 0.29) is 12.5 Å². The highest BCUT2D eigenvalue weighted by Gasteiger charge is 2.04. The first kappa shape index (κ1) is 15.9. The molecule has 2 aromatic carbocycles. The number of nitrogens with zero attached hydrogens (tertiary/aromatic N) is 1. The molecule has 0 saturated heterocycles. The van der Waals surface area contributed by atoms with Crippen molar-refractivity contribution in [3.8, 4) is 0 Å². The van der Waals surface area contributed by atoms with Gasteiger partial charge in [-0.3, -0.25) is 4.79 Å². The van der Waals surface area contributed by atoms with E-state index in [1.165, 1.54) is 11.1 Å². The fraction of sp³-hybridized carbons (Fsp3) is 0.278. The van der Waals surface area contributed by atoms with Crippen molar-refractivity contribution in [1.29, 1.82) is 0 Å². The normalized spacial score (nSPS) is 10.2. The van der Waals surface area contributed by atoms with Gasteiger partial charge < -0.3 is 15.5 Å². The van der Waals surface area contributed by atoms with Crippen molar-refractivity contribution in [3.63, 3.8) is 0 Å². The molecule has 22 heavy (non-hydrogen) atoms. The lowest BCUT2D eigenvalue weighted by Crippen LogP contribution is -2.21. The van der Waals surface area contributed by atoms with Gasteiger partial charge in [0, 0.05) is 31.2 Å². The fourth-order valence-electron chi connectivity index (χ4n) is 2.08. The highest BCUT2D eigenvalue weighted by atomic mass is 16.1. The van der Waals surface area contributed by atoms with Crippen molar-refractivity contribution < 1.29 is 4.79 Å². The Bertz CT molecular complexity index is 648. The first-order chi connectivity index (χ1) is 10.5. The molecule has 0 atom stereocenters. The Morgan fingerprint density at radius 2 is 1.59 bits per heavy atom. The van der Waals surface area contributed by atoms with Crippen molar-refractivity contribution in [2.24, 2.45) is 0 Å². The Morgan fingerprint density at radius 3 is 2.18 bits per heavy atom. The molecule has 1 amide bonds. The molecular weight excluding hydrogens is 274 g/mol. The van der Waals surface area contributed by atoms with Crippen LogP contribution in [-0.4, -0.2) is 26.5 Å². The molecule has 4 nitrogen and oxygen atoms in total. The lowest BCUT2D eigenvalue weighted by Gasteiger charge is -2.13. The topological polar surface area (TPSA) is 44.4 Å². The molecule has 116 valence electrons. The summed E-state index contributed by atoms with van der Waals surface area (Å²) in [6, 6.07) is 13.9. The molecule has 2 rings (SSSR count). The summed E-state index contributed by atoms with van der Waals surface area (Å²) in [6.45, 7) is 4.34. The number of carbonyl (C=O) groups is 1. The minimum atomic E-state index is -0.0556. The van der Waals surface area contributed by atoms with Crippen LogP contribution in [-0.2, 0) is 4.79 Å². The highest BCUT2D eigenvalue weighted by Crippen LogP contribution is 2.16. The number of carbonyl (C=O) groups excluding carboxylic acids is 1. The van der Waals surface area contributed by atoms with Crippen molar-refractivity contribution >= 4 is 23.0 Å². The van der Waals surface area contributed by atoms with E-state index < -0.39 is 0 Å². The Morgan fingerprint density at radius 1 is 0.955 bits per heavy atom. The molecular formula is C18H23N3O. The van der Waals surface area contributed by atoms with Gasteiger partial charge in [-0.25, -0.2) is 0 Å². The minimum absolute atomic E-state index is 0.0556. The molecule has 0 saturated carbocycles. The summed E-state index contributed by atoms with van der Waals surface area (Å²) in [4.78, 5) is 14.0. The van der Waals surface area contributed by atoms with Gasteiger partial charge in [-0.1, -0.05) is 6.07 Å². The Labute approximate surface area is 132 Å². The number of nitrogens with one attached hydrogen (secondary N) is 2. The average molecular weight is 297 g/mol. The predicted octanol–water partition coefficient (Wildman–Crippen LogP) is 3.42. The molecule has 0 bridgehead atoms. The van der Waals surface area contributed by atoms with Crippen LogP contribution in [0.25, 0.3) is 0 Å². The van der Waals surface area contributed by atoms with Crippen molar-refractivity contribution in [3.05, 3.63) is 53.6 Å². The van der Waals surface area contributed by atoms with Gasteiger partial charge in [0.1, 0.15) is 0 Å². The van der Waals surface area contributed by atoms with E-state index in [2.05, 4.69) is 17.6 Å². The van der Waals surface area contributed by atoms with Crippen molar-refractivity contribution in [2.75, 3.05) is 36.2 Å². The third kappa shape index (κ3) is 4.25. The number of amides is 1. The van der Waals surface area contributed by atoms with Crippen LogP contribution in [0.1, 0.15) is 11.1 Å². The third-order valence-corrected chi connectivity index (χ3v) is 3.63. The molecule has 4 heteroatoms. The Hall–Kier alpha value is -2.49. The first-order valence-electron chi connectivity index (χ1n) is 7.34. The van der Waals surface area contributed by atoms with Gasteiger partial charge in [0.15, 0.2) is 0 Å². The molecule has 0 aromatic heterocycles. The molecule has 0 aliphatic rings. The number of anilines is 3. The van der Waals surface area contributed by atoms with E-state index in [4.69, 9.17) is 0 Å². The zero-order chi connectivity index (χ0) is 16.1. The predicted molar refractivity (Wildman–Crippen MR) is 93.8 cm³/mol. The van der Waals surface area contributed by atoms with Crippen LogP contribution < -0.4 is 15.5 Å². The zero-order valence-electron chi connectivity index (χ0n) is 13.6. The smallest absolute Gasteiger partial charge is 0.243 e. The van der Waals surface area contributed by atoms with Crippen LogP contribution in [0.15, 0.2) is 42.5 Å². The number of hydrogen-bond acceptors (Lipinski definition) is 3. The fourth-order valence-corrected chi connectivity index (χ4v) is 2.08. The average Bonchev–Trinajstić information content (AvgIpc) is 2.49. The first-order valence-corrected chi connectivity index (χ1v) is 7.34. The maximum Gasteiger partial charge on any atom is 0.243 e. The van der Waals surface area contributed by atoms with Gasteiger partial charge in [-0.2, -0.15) is 0 Å². The maximum atomic E-state index is 12.0. The molecule has 0 unspecified atom stereocenters. The number of hydrogen-bond donors (Lipinski definition) is 2. The van der Waals surface area contributed by atoms with Crippen LogP contribution in [0, 0.1) is 13.8 Å². The summed E-state index contributed by atoms with van der Waals surface area (Å²) in [5.74, 6) is -0.0556. The summed E-state index contributed by atoms with van der Waals surface area (Å²) in [7, 11) is 4.00. The van der Waals surface area contributed by atoms with Crippen molar-refractivity contribution in [1.82, 2.24) is 0 Å². The van der Waals surface area contributed by atoms with Gasteiger partial charge in [0.05, 0.1) is 6.54 Å². The number of benzene rings is 2. The van der Waals surface area contributed by atoms with E-state index in [0.29, 0.717) is 0 Å². The Balaban J connectivity index is 1.88. The number of rotatable bonds is 5. The van der Waals surface area contributed by atoms with Gasteiger partial charge in [-0.05, 0) is 61.4 Å². The largest absolute Gasteiger partial charge is 0.378 e. The van der Waals surface area contributed by atoms with Crippen LogP contribution in [0.3, 0.4) is 0 Å². The summed E-state index contributed by atoms with van der Waals surface area (Å²) in [6.07, 6.45) is 0. The second-order valence-corrected chi connectivity index (χ2v) is 5.64. The second kappa shape index (κ2) is 6.98. The molecule has 0 fully saturated rings. The lowest BCUT2D eigenvalue weighted by atomic mass is 10.1. The lowest BCUT2D eigenvalue weighted by molar-refractivity contribution is -0.114. The van der Waals surface area contributed by atoms with E-state index >= 15 is 0 Å². The molecule has 0 aliphatic heterocycles. The van der Waals surface area contributed by atoms with E-state index in [1.807, 2.05) is 68.4 Å². The van der Waals surface area contributed by atoms with Crippen molar-refractivity contribution in [2.45, 2.75) is 13.8 Å². The summed E-state index contributed by atoms with van der Waals surface area (Å²) in [5.41, 5.74) is 5.28. The quantitative estimate of drug-likeness (QED) is 0.889. The van der Waals surface area contributed by atoms with Gasteiger partial charge in [0.25, 0.3) is 0 Å². The number of aryl methyl sites for hydroxylation is 2. The van der Waals surface area contributed by atoms with E-state index in [9.17, 15) is 4.79 Å². The standard InChI is InChI=1S/C18H23N3O/c1-13-5-6-16(11-14(13)2)20-18(22)12-19-15-7-9-17(10-8-15)21(3)4/h5-11,19H,12H2,1-4H3,(H,20,22). The SMILES string of the molecule is Cc1ccc(NC(=O)CNc2ccc(N(C)C)cc2)cc1C. The second-order valence-electron chi connectivity index (χ2n) is 5.64. The summed E-state index contributed by atoms with van der Waals surface area (Å²) >= 11 is 0. The minimum Gasteiger partial charge on any atom is -0.378 e. The molecule has 0 radical (unpaired) electrons. The van der Waals surface area contributed by atoms with Crippen LogP contribution in [0.5, 0.6) is 0 Å². The van der Waals surface area contributed by atoms with Crippen LogP contribution >= 0.6 is 0 Å². The van der Waals surface area contributed by atoms with Gasteiger partial charge in [-0.15, -0.1) is 0 Å². The van der Waals surface area contributed by atoms with Crippen LogP contribution in [0.4, 0.5) is 17.1 Å². The van der Waals surface area contributed by atoms with Gasteiger partial charge in [0.2, 0.25) is 5.91 Å². The van der Waals surface area contributed by atoms with E-state index in [0.717, 1.165) is 17.1 Å². The van der Waals surface area contributed by atoms with E-state index in [1.54, 1.807) is 0 Å². The molecule has 2 N–H and O–H groups in total. The summed E-state index contributed by atoms with van der Waals surface area (Å²) in [5, 5.41) is 6.03. The third-order valence-electron chi connectivity index (χ3n) is 3.63. The Kier molecular flexibility index (Phi) is 5.04. The molecule has 0 aliphatic carbocycles. The van der Waals surface area contributed by atoms with Crippen LogP contribution in [0.2, 0.25) is 0 Å². The van der Waals surface area contributed by atoms with Gasteiger partial charge >= 0.3 is 0 Å². The zero-order valence-corrected chi connectivity index (χ0v) is 13.6. The summed E-state index contributed by atoms with van der Waals surface area (Å²) < 4.78 is 0. The monoisotopic (exact) mass is 297 g/mol. The maximum absolute atomic E-state index is 12.0. The molecule has 2 aromatic rings. The molecule has 0 spiro atoms. The molecule has 0 heterocycles.